The molecule has 0 aliphatic carbocycles. The first-order valence-electron chi connectivity index (χ1n) is 6.54. The second kappa shape index (κ2) is 8.61. The van der Waals surface area contributed by atoms with Crippen molar-refractivity contribution in [1.82, 2.24) is 10.6 Å². The molecule has 0 aliphatic heterocycles. The van der Waals surface area contributed by atoms with Gasteiger partial charge in [0.1, 0.15) is 5.82 Å². The molecule has 5 heteroatoms. The molecule has 1 aromatic rings. The highest BCUT2D eigenvalue weighted by Gasteiger charge is 2.08. The Balaban J connectivity index is 2.20. The van der Waals surface area contributed by atoms with Crippen molar-refractivity contribution in [2.75, 3.05) is 19.6 Å². The van der Waals surface area contributed by atoms with Gasteiger partial charge in [0.15, 0.2) is 0 Å². The smallest absolute Gasteiger partial charge is 0.221 e. The molecule has 1 atom stereocenters. The van der Waals surface area contributed by atoms with E-state index in [4.69, 9.17) is 0 Å². The van der Waals surface area contributed by atoms with Gasteiger partial charge in [-0.3, -0.25) is 4.79 Å². The van der Waals surface area contributed by atoms with Crippen LogP contribution < -0.4 is 10.6 Å². The van der Waals surface area contributed by atoms with Crippen molar-refractivity contribution in [3.63, 3.8) is 0 Å². The topological polar surface area (TPSA) is 61.4 Å². The van der Waals surface area contributed by atoms with Gasteiger partial charge in [-0.2, -0.15) is 0 Å². The average molecular weight is 268 g/mol. The summed E-state index contributed by atoms with van der Waals surface area (Å²) in [6, 6.07) is 5.87. The van der Waals surface area contributed by atoms with Crippen molar-refractivity contribution in [2.45, 2.75) is 25.9 Å². The number of halogens is 1. The lowest BCUT2D eigenvalue weighted by Gasteiger charge is -2.12. The van der Waals surface area contributed by atoms with Crippen LogP contribution in [0.1, 0.15) is 31.4 Å². The molecule has 4 nitrogen and oxygen atoms in total. The van der Waals surface area contributed by atoms with Gasteiger partial charge in [0, 0.05) is 26.1 Å². The van der Waals surface area contributed by atoms with E-state index in [1.165, 1.54) is 12.1 Å². The van der Waals surface area contributed by atoms with Crippen LogP contribution in [-0.4, -0.2) is 30.6 Å². The maximum Gasteiger partial charge on any atom is 0.221 e. The van der Waals surface area contributed by atoms with Crippen LogP contribution in [0.15, 0.2) is 24.3 Å². The molecule has 1 rings (SSSR count). The van der Waals surface area contributed by atoms with Crippen LogP contribution in [0.5, 0.6) is 0 Å². The number of amides is 1. The van der Waals surface area contributed by atoms with Gasteiger partial charge in [-0.25, -0.2) is 4.39 Å². The minimum atomic E-state index is -0.769. The van der Waals surface area contributed by atoms with E-state index in [0.29, 0.717) is 31.6 Å². The quantitative estimate of drug-likeness (QED) is 0.624. The maximum atomic E-state index is 13.0. The summed E-state index contributed by atoms with van der Waals surface area (Å²) in [4.78, 5) is 11.3. The molecule has 19 heavy (non-hydrogen) atoms. The summed E-state index contributed by atoms with van der Waals surface area (Å²) in [5, 5.41) is 15.6. The van der Waals surface area contributed by atoms with Gasteiger partial charge in [0.05, 0.1) is 6.10 Å². The van der Waals surface area contributed by atoms with Crippen molar-refractivity contribution in [1.29, 1.82) is 0 Å². The molecule has 0 saturated carbocycles. The van der Waals surface area contributed by atoms with E-state index in [1.54, 1.807) is 12.1 Å². The molecule has 0 fully saturated rings. The molecule has 0 bridgehead atoms. The summed E-state index contributed by atoms with van der Waals surface area (Å²) in [6.07, 6.45) is 0.516. The predicted octanol–water partition coefficient (Wildman–Crippen LogP) is 1.36. The Kier molecular flexibility index (Phi) is 7.07. The highest BCUT2D eigenvalue weighted by Crippen LogP contribution is 2.12. The maximum absolute atomic E-state index is 13.0. The molecular formula is C14H21FN2O2. The zero-order valence-electron chi connectivity index (χ0n) is 11.2. The molecule has 0 aromatic heterocycles. The van der Waals surface area contributed by atoms with Gasteiger partial charge in [-0.15, -0.1) is 0 Å². The number of carbonyl (C=O) groups is 1. The molecule has 0 saturated heterocycles. The average Bonchev–Trinajstić information content (AvgIpc) is 2.41. The van der Waals surface area contributed by atoms with Crippen molar-refractivity contribution in [3.8, 4) is 0 Å². The van der Waals surface area contributed by atoms with E-state index < -0.39 is 6.10 Å². The molecule has 3 N–H and O–H groups in total. The van der Waals surface area contributed by atoms with Gasteiger partial charge >= 0.3 is 0 Å². The number of hydrogen-bond acceptors (Lipinski definition) is 3. The molecular weight excluding hydrogens is 247 g/mol. The van der Waals surface area contributed by atoms with Crippen LogP contribution >= 0.6 is 0 Å². The van der Waals surface area contributed by atoms with Crippen LogP contribution in [0.4, 0.5) is 4.39 Å². The molecule has 0 aliphatic rings. The number of carbonyl (C=O) groups excluding carboxylic acids is 1. The van der Waals surface area contributed by atoms with Crippen molar-refractivity contribution >= 4 is 5.91 Å². The van der Waals surface area contributed by atoms with Crippen LogP contribution in [0.25, 0.3) is 0 Å². The lowest BCUT2D eigenvalue weighted by atomic mass is 10.1. The summed E-state index contributed by atoms with van der Waals surface area (Å²) < 4.78 is 13.0. The lowest BCUT2D eigenvalue weighted by Crippen LogP contribution is -2.29. The second-order valence-electron chi connectivity index (χ2n) is 4.37. The predicted molar refractivity (Wildman–Crippen MR) is 72.1 cm³/mol. The largest absolute Gasteiger partial charge is 0.387 e. The normalized spacial score (nSPS) is 12.2. The Hall–Kier alpha value is -1.46. The minimum Gasteiger partial charge on any atom is -0.387 e. The summed E-state index contributed by atoms with van der Waals surface area (Å²) in [5.41, 5.74) is 0.530. The first kappa shape index (κ1) is 15.6. The van der Waals surface area contributed by atoms with Gasteiger partial charge in [0.25, 0.3) is 0 Å². The van der Waals surface area contributed by atoms with E-state index in [2.05, 4.69) is 10.6 Å². The van der Waals surface area contributed by atoms with Crippen LogP contribution in [0, 0.1) is 5.82 Å². The molecule has 0 heterocycles. The number of benzene rings is 1. The van der Waals surface area contributed by atoms with Crippen molar-refractivity contribution in [3.05, 3.63) is 35.6 Å². The van der Waals surface area contributed by atoms with Crippen molar-refractivity contribution < 1.29 is 14.3 Å². The van der Waals surface area contributed by atoms with Crippen LogP contribution in [0.2, 0.25) is 0 Å². The molecule has 1 aromatic carbocycles. The number of aliphatic hydroxyl groups excluding tert-OH is 1. The summed E-state index contributed by atoms with van der Waals surface area (Å²) in [7, 11) is 0. The fourth-order valence-corrected chi connectivity index (χ4v) is 1.63. The summed E-state index contributed by atoms with van der Waals surface area (Å²) in [5.74, 6) is -0.370. The fourth-order valence-electron chi connectivity index (χ4n) is 1.63. The third-order valence-corrected chi connectivity index (χ3v) is 2.67. The number of rotatable bonds is 8. The summed E-state index contributed by atoms with van der Waals surface area (Å²) >= 11 is 0. The summed E-state index contributed by atoms with van der Waals surface area (Å²) in [6.45, 7) is 3.46. The molecule has 1 unspecified atom stereocenters. The Morgan fingerprint density at radius 1 is 1.42 bits per heavy atom. The molecule has 0 radical (unpaired) electrons. The Bertz CT molecular complexity index is 399. The van der Waals surface area contributed by atoms with Crippen LogP contribution in [-0.2, 0) is 4.79 Å². The highest BCUT2D eigenvalue weighted by atomic mass is 19.1. The molecule has 106 valence electrons. The zero-order chi connectivity index (χ0) is 14.1. The molecule has 1 amide bonds. The second-order valence-corrected chi connectivity index (χ2v) is 4.37. The van der Waals surface area contributed by atoms with Crippen LogP contribution in [0.3, 0.4) is 0 Å². The first-order chi connectivity index (χ1) is 9.13. The Morgan fingerprint density at radius 3 is 2.89 bits per heavy atom. The Morgan fingerprint density at radius 2 is 2.21 bits per heavy atom. The molecule has 0 spiro atoms. The SMILES string of the molecule is CCCNC(=O)CCNCC(O)c1cccc(F)c1. The highest BCUT2D eigenvalue weighted by molar-refractivity contribution is 5.75. The monoisotopic (exact) mass is 268 g/mol. The third kappa shape index (κ3) is 6.31. The van der Waals surface area contributed by atoms with Gasteiger partial charge in [0.2, 0.25) is 5.91 Å². The lowest BCUT2D eigenvalue weighted by molar-refractivity contribution is -0.121. The van der Waals surface area contributed by atoms with E-state index in [1.807, 2.05) is 6.92 Å². The number of nitrogens with one attached hydrogen (secondary N) is 2. The van der Waals surface area contributed by atoms with E-state index in [-0.39, 0.29) is 11.7 Å². The zero-order valence-corrected chi connectivity index (χ0v) is 11.2. The first-order valence-corrected chi connectivity index (χ1v) is 6.54. The Labute approximate surface area is 113 Å². The van der Waals surface area contributed by atoms with E-state index in [9.17, 15) is 14.3 Å². The third-order valence-electron chi connectivity index (χ3n) is 2.67. The van der Waals surface area contributed by atoms with Gasteiger partial charge in [-0.05, 0) is 24.1 Å². The van der Waals surface area contributed by atoms with E-state index >= 15 is 0 Å². The van der Waals surface area contributed by atoms with Gasteiger partial charge in [-0.1, -0.05) is 19.1 Å². The standard InChI is InChI=1S/C14H21FN2O2/c1-2-7-17-14(19)6-8-16-10-13(18)11-4-3-5-12(15)9-11/h3-5,9,13,16,18H,2,6-8,10H2,1H3,(H,17,19). The fraction of sp³-hybridized carbons (Fsp3) is 0.500. The minimum absolute atomic E-state index is 0.00500. The van der Waals surface area contributed by atoms with E-state index in [0.717, 1.165) is 6.42 Å². The van der Waals surface area contributed by atoms with Gasteiger partial charge < -0.3 is 15.7 Å². The van der Waals surface area contributed by atoms with Crippen molar-refractivity contribution in [2.24, 2.45) is 0 Å². The number of aliphatic hydroxyl groups is 1. The number of hydrogen-bond donors (Lipinski definition) is 3.